The quantitative estimate of drug-likeness (QED) is 0.760. The van der Waals surface area contributed by atoms with Gasteiger partial charge in [-0.25, -0.2) is 4.98 Å². The van der Waals surface area contributed by atoms with E-state index >= 15 is 0 Å². The van der Waals surface area contributed by atoms with Crippen molar-refractivity contribution in [2.45, 2.75) is 64.1 Å². The summed E-state index contributed by atoms with van der Waals surface area (Å²) in [6.07, 6.45) is 6.28. The standard InChI is InChI=1S/C15H26N4OS/c1-10(2)11(3)16-14(20)9-21-15-17-13(18-19-15)8-12-6-4-5-7-12/h10-12H,4-9H2,1-3H3,(H,16,20)(H,17,18,19)/t11-/m1/s1. The molecule has 1 heterocycles. The first kappa shape index (κ1) is 16.3. The highest BCUT2D eigenvalue weighted by Crippen LogP contribution is 2.27. The molecular weight excluding hydrogens is 284 g/mol. The van der Waals surface area contributed by atoms with Gasteiger partial charge >= 0.3 is 0 Å². The van der Waals surface area contributed by atoms with Crippen molar-refractivity contribution in [2.75, 3.05) is 5.75 Å². The summed E-state index contributed by atoms with van der Waals surface area (Å²) in [5.74, 6) is 2.58. The fourth-order valence-electron chi connectivity index (χ4n) is 2.51. The normalized spacial score (nSPS) is 17.3. The lowest BCUT2D eigenvalue weighted by Gasteiger charge is -2.16. The van der Waals surface area contributed by atoms with Crippen molar-refractivity contribution in [2.24, 2.45) is 11.8 Å². The molecule has 2 N–H and O–H groups in total. The number of amides is 1. The highest BCUT2D eigenvalue weighted by molar-refractivity contribution is 7.99. The smallest absolute Gasteiger partial charge is 0.230 e. The molecule has 0 unspecified atom stereocenters. The third kappa shape index (κ3) is 5.34. The van der Waals surface area contributed by atoms with Crippen LogP contribution >= 0.6 is 11.8 Å². The number of nitrogens with zero attached hydrogens (tertiary/aromatic N) is 2. The largest absolute Gasteiger partial charge is 0.353 e. The Bertz CT molecular complexity index is 454. The molecule has 2 rings (SSSR count). The highest BCUT2D eigenvalue weighted by atomic mass is 32.2. The van der Waals surface area contributed by atoms with E-state index < -0.39 is 0 Å². The number of hydrogen-bond acceptors (Lipinski definition) is 4. The molecule has 0 bridgehead atoms. The molecule has 1 aromatic rings. The summed E-state index contributed by atoms with van der Waals surface area (Å²) < 4.78 is 0. The zero-order chi connectivity index (χ0) is 15.2. The van der Waals surface area contributed by atoms with Gasteiger partial charge < -0.3 is 5.32 Å². The summed E-state index contributed by atoms with van der Waals surface area (Å²) in [6, 6.07) is 0.197. The monoisotopic (exact) mass is 310 g/mol. The number of carbonyl (C=O) groups excluding carboxylic acids is 1. The minimum atomic E-state index is 0.0448. The van der Waals surface area contributed by atoms with Gasteiger partial charge in [-0.05, 0) is 18.8 Å². The second-order valence-electron chi connectivity index (χ2n) is 6.31. The molecule has 0 aliphatic heterocycles. The molecule has 1 saturated carbocycles. The lowest BCUT2D eigenvalue weighted by molar-refractivity contribution is -0.119. The molecule has 1 aliphatic rings. The van der Waals surface area contributed by atoms with Crippen molar-refractivity contribution in [1.82, 2.24) is 20.5 Å². The lowest BCUT2D eigenvalue weighted by atomic mass is 10.0. The Morgan fingerprint density at radius 2 is 2.10 bits per heavy atom. The van der Waals surface area contributed by atoms with Crippen LogP contribution in [0.3, 0.4) is 0 Å². The molecule has 5 nitrogen and oxygen atoms in total. The Labute approximate surface area is 131 Å². The molecule has 0 radical (unpaired) electrons. The second-order valence-corrected chi connectivity index (χ2v) is 7.25. The molecule has 0 saturated heterocycles. The van der Waals surface area contributed by atoms with E-state index in [2.05, 4.69) is 34.3 Å². The third-order valence-electron chi connectivity index (χ3n) is 4.19. The maximum absolute atomic E-state index is 11.8. The Hall–Kier alpha value is -1.04. The van der Waals surface area contributed by atoms with Crippen LogP contribution in [0.2, 0.25) is 0 Å². The second kappa shape index (κ2) is 7.82. The fraction of sp³-hybridized carbons (Fsp3) is 0.800. The number of aromatic amines is 1. The van der Waals surface area contributed by atoms with E-state index in [4.69, 9.17) is 0 Å². The van der Waals surface area contributed by atoms with Gasteiger partial charge in [0.05, 0.1) is 5.75 Å². The predicted molar refractivity (Wildman–Crippen MR) is 85.2 cm³/mol. The summed E-state index contributed by atoms with van der Waals surface area (Å²) in [7, 11) is 0. The van der Waals surface area contributed by atoms with Crippen LogP contribution in [-0.2, 0) is 11.2 Å². The summed E-state index contributed by atoms with van der Waals surface area (Å²) in [5.41, 5.74) is 0. The van der Waals surface area contributed by atoms with Crippen LogP contribution < -0.4 is 5.32 Å². The van der Waals surface area contributed by atoms with Gasteiger partial charge in [-0.3, -0.25) is 9.89 Å². The number of aromatic nitrogens is 3. The molecule has 1 aliphatic carbocycles. The van der Waals surface area contributed by atoms with Crippen LogP contribution in [0.4, 0.5) is 0 Å². The molecule has 1 atom stereocenters. The van der Waals surface area contributed by atoms with Gasteiger partial charge in [0.25, 0.3) is 0 Å². The summed E-state index contributed by atoms with van der Waals surface area (Å²) >= 11 is 1.40. The summed E-state index contributed by atoms with van der Waals surface area (Å²) in [5, 5.41) is 10.9. The molecule has 0 aromatic carbocycles. The first-order valence-electron chi connectivity index (χ1n) is 7.88. The van der Waals surface area contributed by atoms with Crippen LogP contribution in [0.1, 0.15) is 52.3 Å². The number of H-pyrrole nitrogens is 1. The van der Waals surface area contributed by atoms with E-state index in [1.54, 1.807) is 0 Å². The van der Waals surface area contributed by atoms with Crippen molar-refractivity contribution in [3.8, 4) is 0 Å². The van der Waals surface area contributed by atoms with E-state index in [9.17, 15) is 4.79 Å². The molecule has 118 valence electrons. The van der Waals surface area contributed by atoms with Crippen molar-refractivity contribution < 1.29 is 4.79 Å². The first-order chi connectivity index (χ1) is 10.0. The van der Waals surface area contributed by atoms with Crippen LogP contribution in [0.25, 0.3) is 0 Å². The van der Waals surface area contributed by atoms with E-state index in [-0.39, 0.29) is 11.9 Å². The van der Waals surface area contributed by atoms with Gasteiger partial charge in [0.1, 0.15) is 5.82 Å². The molecule has 1 aromatic heterocycles. The summed E-state index contributed by atoms with van der Waals surface area (Å²) in [6.45, 7) is 6.23. The number of hydrogen-bond donors (Lipinski definition) is 2. The van der Waals surface area contributed by atoms with Gasteiger partial charge in [0.15, 0.2) is 0 Å². The fourth-order valence-corrected chi connectivity index (χ4v) is 3.14. The molecule has 1 amide bonds. The minimum Gasteiger partial charge on any atom is -0.353 e. The summed E-state index contributed by atoms with van der Waals surface area (Å²) in [4.78, 5) is 16.3. The topological polar surface area (TPSA) is 70.7 Å². The maximum atomic E-state index is 11.8. The zero-order valence-electron chi connectivity index (χ0n) is 13.2. The van der Waals surface area contributed by atoms with Gasteiger partial charge in [0, 0.05) is 12.5 Å². The zero-order valence-corrected chi connectivity index (χ0v) is 14.0. The third-order valence-corrected chi connectivity index (χ3v) is 5.04. The number of nitrogens with one attached hydrogen (secondary N) is 2. The number of thioether (sulfide) groups is 1. The molecule has 1 fully saturated rings. The van der Waals surface area contributed by atoms with Crippen LogP contribution in [0, 0.1) is 11.8 Å². The van der Waals surface area contributed by atoms with Gasteiger partial charge in [0.2, 0.25) is 11.1 Å². The van der Waals surface area contributed by atoms with Gasteiger partial charge in [-0.1, -0.05) is 51.3 Å². The van der Waals surface area contributed by atoms with E-state index in [1.165, 1.54) is 37.4 Å². The lowest BCUT2D eigenvalue weighted by Crippen LogP contribution is -2.37. The van der Waals surface area contributed by atoms with Crippen molar-refractivity contribution >= 4 is 17.7 Å². The maximum Gasteiger partial charge on any atom is 0.230 e. The Morgan fingerprint density at radius 3 is 2.76 bits per heavy atom. The average molecular weight is 310 g/mol. The SMILES string of the molecule is CC(C)[C@@H](C)NC(=O)CSc1n[nH]c(CC2CCCC2)n1. The van der Waals surface area contributed by atoms with Crippen molar-refractivity contribution in [3.05, 3.63) is 5.82 Å². The van der Waals surface area contributed by atoms with E-state index in [1.807, 2.05) is 6.92 Å². The highest BCUT2D eigenvalue weighted by Gasteiger charge is 2.18. The number of rotatable bonds is 7. The Kier molecular flexibility index (Phi) is 6.08. The molecule has 6 heteroatoms. The first-order valence-corrected chi connectivity index (χ1v) is 8.86. The van der Waals surface area contributed by atoms with Crippen LogP contribution in [-0.4, -0.2) is 32.9 Å². The number of carbonyl (C=O) groups is 1. The van der Waals surface area contributed by atoms with Crippen molar-refractivity contribution in [1.29, 1.82) is 0 Å². The van der Waals surface area contributed by atoms with Gasteiger partial charge in [-0.15, -0.1) is 5.10 Å². The van der Waals surface area contributed by atoms with Crippen molar-refractivity contribution in [3.63, 3.8) is 0 Å². The van der Waals surface area contributed by atoms with E-state index in [0.717, 1.165) is 18.2 Å². The van der Waals surface area contributed by atoms with E-state index in [0.29, 0.717) is 16.8 Å². The predicted octanol–water partition coefficient (Wildman–Crippen LogP) is 2.79. The Morgan fingerprint density at radius 1 is 1.38 bits per heavy atom. The Balaban J connectivity index is 1.73. The molecule has 0 spiro atoms. The van der Waals surface area contributed by atoms with Crippen LogP contribution in [0.5, 0.6) is 0 Å². The molecule has 21 heavy (non-hydrogen) atoms. The molecular formula is C15H26N4OS. The van der Waals surface area contributed by atoms with Crippen LogP contribution in [0.15, 0.2) is 5.16 Å². The minimum absolute atomic E-state index is 0.0448. The average Bonchev–Trinajstić information content (AvgIpc) is 3.08. The van der Waals surface area contributed by atoms with Gasteiger partial charge in [-0.2, -0.15) is 0 Å².